The maximum absolute atomic E-state index is 13.7. The first-order valence-corrected chi connectivity index (χ1v) is 12.8. The first kappa shape index (κ1) is 25.5. The van der Waals surface area contributed by atoms with Gasteiger partial charge in [-0.1, -0.05) is 18.2 Å². The molecule has 2 atom stereocenters. The van der Waals surface area contributed by atoms with Gasteiger partial charge in [0, 0.05) is 69.1 Å². The largest absolute Gasteiger partial charge is 0.444 e. The zero-order chi connectivity index (χ0) is 25.0. The number of nitrogens with zero attached hydrogens (tertiary/aromatic N) is 2. The molecule has 2 N–H and O–H groups in total. The minimum Gasteiger partial charge on any atom is -0.444 e. The van der Waals surface area contributed by atoms with Crippen LogP contribution in [0, 0.1) is 5.92 Å². The molecular weight excluding hydrogens is 444 g/mol. The summed E-state index contributed by atoms with van der Waals surface area (Å²) < 4.78 is 12.9. The predicted molar refractivity (Wildman–Crippen MR) is 136 cm³/mol. The minimum absolute atomic E-state index is 0.128. The molecule has 1 aromatic carbocycles. The van der Waals surface area contributed by atoms with E-state index in [1.807, 2.05) is 20.8 Å². The SMILES string of the molecule is COCCCn1cc(CN(C(=O)[C@@H]2CNC[C@H](NC(=O)OC(C)(C)C)C2)C2CC2)c2ccccc21. The number of methoxy groups -OCH3 is 1. The number of carbonyl (C=O) groups excluding carboxylic acids is 2. The summed E-state index contributed by atoms with van der Waals surface area (Å²) in [5, 5.41) is 7.48. The Kier molecular flexibility index (Phi) is 8.02. The number of fused-ring (bicyclic) bond motifs is 1. The van der Waals surface area contributed by atoms with Gasteiger partial charge in [0.15, 0.2) is 0 Å². The van der Waals surface area contributed by atoms with Crippen LogP contribution in [0.15, 0.2) is 30.5 Å². The van der Waals surface area contributed by atoms with E-state index in [4.69, 9.17) is 9.47 Å². The smallest absolute Gasteiger partial charge is 0.407 e. The Hall–Kier alpha value is -2.58. The van der Waals surface area contributed by atoms with E-state index in [0.29, 0.717) is 32.1 Å². The lowest BCUT2D eigenvalue weighted by molar-refractivity contribution is -0.137. The third kappa shape index (κ3) is 6.76. The fourth-order valence-electron chi connectivity index (χ4n) is 4.92. The third-order valence-corrected chi connectivity index (χ3v) is 6.65. The molecular formula is C27H40N4O4. The van der Waals surface area contributed by atoms with Gasteiger partial charge in [-0.15, -0.1) is 0 Å². The molecule has 35 heavy (non-hydrogen) atoms. The van der Waals surface area contributed by atoms with Crippen LogP contribution >= 0.6 is 0 Å². The van der Waals surface area contributed by atoms with E-state index in [1.54, 1.807) is 7.11 Å². The van der Waals surface area contributed by atoms with Crippen molar-refractivity contribution in [3.63, 3.8) is 0 Å². The highest BCUT2D eigenvalue weighted by atomic mass is 16.6. The molecule has 2 amide bonds. The van der Waals surface area contributed by atoms with Crippen molar-refractivity contribution in [1.29, 1.82) is 0 Å². The molecule has 1 aliphatic carbocycles. The average Bonchev–Trinajstić information content (AvgIpc) is 3.59. The molecule has 0 unspecified atom stereocenters. The number of carbonyl (C=O) groups is 2. The molecule has 192 valence electrons. The second-order valence-electron chi connectivity index (χ2n) is 10.8. The Labute approximate surface area is 208 Å². The van der Waals surface area contributed by atoms with E-state index >= 15 is 0 Å². The highest BCUT2D eigenvalue weighted by Crippen LogP contribution is 2.33. The van der Waals surface area contributed by atoms with Crippen molar-refractivity contribution < 1.29 is 19.1 Å². The van der Waals surface area contributed by atoms with Gasteiger partial charge in [-0.05, 0) is 58.1 Å². The van der Waals surface area contributed by atoms with Crippen LogP contribution in [0.4, 0.5) is 4.79 Å². The molecule has 1 aromatic heterocycles. The lowest BCUT2D eigenvalue weighted by Crippen LogP contribution is -2.53. The lowest BCUT2D eigenvalue weighted by atomic mass is 9.94. The Balaban J connectivity index is 1.45. The van der Waals surface area contributed by atoms with Crippen LogP contribution in [0.3, 0.4) is 0 Å². The molecule has 1 saturated heterocycles. The zero-order valence-corrected chi connectivity index (χ0v) is 21.5. The van der Waals surface area contributed by atoms with E-state index in [2.05, 4.69) is 50.6 Å². The van der Waals surface area contributed by atoms with E-state index in [0.717, 1.165) is 32.4 Å². The van der Waals surface area contributed by atoms with Gasteiger partial charge in [0.2, 0.25) is 5.91 Å². The standard InChI is InChI=1S/C27H40N4O4/c1-27(2,3)35-26(33)29-21-14-19(15-28-16-21)25(32)31(22-10-11-22)18-20-17-30(12-7-13-34-4)24-9-6-5-8-23(20)24/h5-6,8-9,17,19,21-22,28H,7,10-16,18H2,1-4H3,(H,29,33)/t19-,21+/m0/s1. The number of aromatic nitrogens is 1. The normalized spacial score (nSPS) is 20.6. The highest BCUT2D eigenvalue weighted by Gasteiger charge is 2.38. The second-order valence-corrected chi connectivity index (χ2v) is 10.8. The maximum Gasteiger partial charge on any atom is 0.407 e. The molecule has 2 fully saturated rings. The number of para-hydroxylation sites is 1. The van der Waals surface area contributed by atoms with Gasteiger partial charge in [0.1, 0.15) is 5.60 Å². The summed E-state index contributed by atoms with van der Waals surface area (Å²) >= 11 is 0. The van der Waals surface area contributed by atoms with Crippen molar-refractivity contribution in [2.75, 3.05) is 26.8 Å². The van der Waals surface area contributed by atoms with Crippen LogP contribution < -0.4 is 10.6 Å². The van der Waals surface area contributed by atoms with Gasteiger partial charge in [0.05, 0.1) is 5.92 Å². The summed E-state index contributed by atoms with van der Waals surface area (Å²) in [6, 6.07) is 8.60. The fraction of sp³-hybridized carbons (Fsp3) is 0.630. The monoisotopic (exact) mass is 484 g/mol. The minimum atomic E-state index is -0.549. The molecule has 2 heterocycles. The number of rotatable bonds is 9. The average molecular weight is 485 g/mol. The molecule has 8 nitrogen and oxygen atoms in total. The van der Waals surface area contributed by atoms with Gasteiger partial charge in [-0.3, -0.25) is 4.79 Å². The molecule has 1 saturated carbocycles. The highest BCUT2D eigenvalue weighted by molar-refractivity contribution is 5.85. The molecule has 0 bridgehead atoms. The number of hydrogen-bond donors (Lipinski definition) is 2. The summed E-state index contributed by atoms with van der Waals surface area (Å²) in [5.41, 5.74) is 1.83. The first-order valence-electron chi connectivity index (χ1n) is 12.8. The number of amides is 2. The van der Waals surface area contributed by atoms with Crippen molar-refractivity contribution in [2.24, 2.45) is 5.92 Å². The van der Waals surface area contributed by atoms with Crippen molar-refractivity contribution in [3.8, 4) is 0 Å². The number of benzene rings is 1. The van der Waals surface area contributed by atoms with E-state index in [9.17, 15) is 9.59 Å². The molecule has 2 aromatic rings. The molecule has 1 aliphatic heterocycles. The van der Waals surface area contributed by atoms with Crippen molar-refractivity contribution in [1.82, 2.24) is 20.1 Å². The van der Waals surface area contributed by atoms with Crippen LogP contribution in [0.5, 0.6) is 0 Å². The molecule has 0 radical (unpaired) electrons. The molecule has 4 rings (SSSR count). The van der Waals surface area contributed by atoms with Crippen molar-refractivity contribution in [2.45, 2.75) is 77.2 Å². The number of nitrogens with one attached hydrogen (secondary N) is 2. The maximum atomic E-state index is 13.7. The van der Waals surface area contributed by atoms with E-state index in [1.165, 1.54) is 16.5 Å². The van der Waals surface area contributed by atoms with E-state index < -0.39 is 11.7 Å². The number of ether oxygens (including phenoxy) is 2. The number of hydrogen-bond acceptors (Lipinski definition) is 5. The quantitative estimate of drug-likeness (QED) is 0.531. The van der Waals surface area contributed by atoms with Gasteiger partial charge < -0.3 is 29.6 Å². The summed E-state index contributed by atoms with van der Waals surface area (Å²) in [6.45, 7) is 9.04. The molecule has 0 spiro atoms. The van der Waals surface area contributed by atoms with Crippen LogP contribution in [0.2, 0.25) is 0 Å². The van der Waals surface area contributed by atoms with Crippen LogP contribution in [-0.2, 0) is 27.4 Å². The Morgan fingerprint density at radius 1 is 1.20 bits per heavy atom. The van der Waals surface area contributed by atoms with Crippen LogP contribution in [0.25, 0.3) is 10.9 Å². The van der Waals surface area contributed by atoms with Gasteiger partial charge in [0.25, 0.3) is 0 Å². The Morgan fingerprint density at radius 3 is 2.69 bits per heavy atom. The van der Waals surface area contributed by atoms with Gasteiger partial charge in [-0.25, -0.2) is 4.79 Å². The number of aryl methyl sites for hydroxylation is 1. The fourth-order valence-corrected chi connectivity index (χ4v) is 4.92. The van der Waals surface area contributed by atoms with Crippen LogP contribution in [-0.4, -0.2) is 66.0 Å². The first-order chi connectivity index (χ1) is 16.7. The summed E-state index contributed by atoms with van der Waals surface area (Å²) in [6.07, 6.45) is 5.44. The van der Waals surface area contributed by atoms with Gasteiger partial charge in [-0.2, -0.15) is 0 Å². The van der Waals surface area contributed by atoms with Gasteiger partial charge >= 0.3 is 6.09 Å². The summed E-state index contributed by atoms with van der Waals surface area (Å²) in [4.78, 5) is 28.0. The summed E-state index contributed by atoms with van der Waals surface area (Å²) in [5.74, 6) is 0.00578. The molecule has 8 heteroatoms. The predicted octanol–water partition coefficient (Wildman–Crippen LogP) is 3.67. The lowest BCUT2D eigenvalue weighted by Gasteiger charge is -2.34. The van der Waals surface area contributed by atoms with Crippen LogP contribution in [0.1, 0.15) is 52.0 Å². The topological polar surface area (TPSA) is 84.8 Å². The summed E-state index contributed by atoms with van der Waals surface area (Å²) in [7, 11) is 1.73. The van der Waals surface area contributed by atoms with Crippen molar-refractivity contribution in [3.05, 3.63) is 36.0 Å². The second kappa shape index (κ2) is 11.0. The molecule has 2 aliphatic rings. The number of alkyl carbamates (subject to hydrolysis) is 1. The Bertz CT molecular complexity index is 1020. The van der Waals surface area contributed by atoms with Crippen molar-refractivity contribution >= 4 is 22.9 Å². The third-order valence-electron chi connectivity index (χ3n) is 6.65. The number of piperidine rings is 1. The Morgan fingerprint density at radius 2 is 1.97 bits per heavy atom. The zero-order valence-electron chi connectivity index (χ0n) is 21.5. The van der Waals surface area contributed by atoms with E-state index in [-0.39, 0.29) is 17.9 Å².